The van der Waals surface area contributed by atoms with Crippen LogP contribution in [0.3, 0.4) is 0 Å². The molecule has 2 heterocycles. The summed E-state index contributed by atoms with van der Waals surface area (Å²) in [6.07, 6.45) is 5.86. The van der Waals surface area contributed by atoms with Gasteiger partial charge in [-0.05, 0) is 49.4 Å². The van der Waals surface area contributed by atoms with Crippen molar-refractivity contribution in [1.82, 2.24) is 0 Å². The Labute approximate surface area is 145 Å². The molecule has 7 atom stereocenters. The van der Waals surface area contributed by atoms with Gasteiger partial charge in [-0.2, -0.15) is 0 Å². The van der Waals surface area contributed by atoms with Crippen LogP contribution >= 0.6 is 0 Å². The Bertz CT molecular complexity index is 520. The number of hydrogen-bond acceptors (Lipinski definition) is 4. The van der Waals surface area contributed by atoms with Crippen molar-refractivity contribution in [1.29, 1.82) is 0 Å². The molecule has 2 spiro atoms. The van der Waals surface area contributed by atoms with Gasteiger partial charge in [0, 0.05) is 11.8 Å². The number of aliphatic hydroxyl groups is 2. The minimum absolute atomic E-state index is 0.0440. The van der Waals surface area contributed by atoms with Gasteiger partial charge >= 0.3 is 0 Å². The Morgan fingerprint density at radius 1 is 0.958 bits per heavy atom. The van der Waals surface area contributed by atoms with E-state index >= 15 is 0 Å². The first kappa shape index (κ1) is 17.3. The maximum atomic E-state index is 11.0. The van der Waals surface area contributed by atoms with Crippen molar-refractivity contribution >= 4 is 0 Å². The molecule has 0 aromatic rings. The van der Waals surface area contributed by atoms with E-state index in [0.29, 0.717) is 12.5 Å². The van der Waals surface area contributed by atoms with Gasteiger partial charge in [-0.3, -0.25) is 0 Å². The Morgan fingerprint density at radius 2 is 1.71 bits per heavy atom. The van der Waals surface area contributed by atoms with Gasteiger partial charge in [0.25, 0.3) is 0 Å². The number of hydrogen-bond donors (Lipinski definition) is 2. The first-order chi connectivity index (χ1) is 11.2. The number of aliphatic hydroxyl groups excluding tert-OH is 2. The largest absolute Gasteiger partial charge is 0.393 e. The van der Waals surface area contributed by atoms with Crippen LogP contribution in [0.25, 0.3) is 0 Å². The summed E-state index contributed by atoms with van der Waals surface area (Å²) in [6, 6.07) is 0. The molecule has 0 aromatic heterocycles. The summed E-state index contributed by atoms with van der Waals surface area (Å²) in [5.41, 5.74) is -0.684. The van der Waals surface area contributed by atoms with Crippen LogP contribution in [0.15, 0.2) is 0 Å². The molecule has 4 aliphatic rings. The van der Waals surface area contributed by atoms with Crippen molar-refractivity contribution in [3.63, 3.8) is 0 Å². The molecular formula is C20H34O4. The summed E-state index contributed by atoms with van der Waals surface area (Å²) in [5, 5.41) is 21.4. The highest BCUT2D eigenvalue weighted by Crippen LogP contribution is 2.68. The summed E-state index contributed by atoms with van der Waals surface area (Å²) < 4.78 is 12.4. The smallest absolute Gasteiger partial charge is 0.184 e. The third kappa shape index (κ3) is 2.00. The van der Waals surface area contributed by atoms with Crippen LogP contribution in [0.2, 0.25) is 0 Å². The van der Waals surface area contributed by atoms with Gasteiger partial charge in [0.05, 0.1) is 18.3 Å². The van der Waals surface area contributed by atoms with Crippen molar-refractivity contribution in [2.45, 2.75) is 96.2 Å². The van der Waals surface area contributed by atoms with Crippen molar-refractivity contribution in [2.24, 2.45) is 22.7 Å². The van der Waals surface area contributed by atoms with E-state index in [1.54, 1.807) is 0 Å². The second kappa shape index (κ2) is 5.18. The van der Waals surface area contributed by atoms with Gasteiger partial charge in [-0.1, -0.05) is 34.1 Å². The molecule has 2 N–H and O–H groups in total. The first-order valence-electron chi connectivity index (χ1n) is 9.85. The third-order valence-corrected chi connectivity index (χ3v) is 8.34. The molecule has 2 aliphatic heterocycles. The summed E-state index contributed by atoms with van der Waals surface area (Å²) in [5.74, 6) is 0.555. The Kier molecular flexibility index (Phi) is 3.73. The fourth-order valence-corrected chi connectivity index (χ4v) is 7.34. The van der Waals surface area contributed by atoms with Crippen molar-refractivity contribution in [3.8, 4) is 0 Å². The van der Waals surface area contributed by atoms with Gasteiger partial charge < -0.3 is 19.7 Å². The van der Waals surface area contributed by atoms with E-state index in [-0.39, 0.29) is 28.5 Å². The van der Waals surface area contributed by atoms with Crippen LogP contribution in [0, 0.1) is 22.7 Å². The van der Waals surface area contributed by atoms with E-state index < -0.39 is 11.9 Å². The minimum atomic E-state index is -0.797. The highest BCUT2D eigenvalue weighted by atomic mass is 16.7. The molecule has 4 nitrogen and oxygen atoms in total. The third-order valence-electron chi connectivity index (χ3n) is 8.34. The standard InChI is InChI=1S/C20H34O4/c1-13-12-14(21)15-17(2,3)6-5-7-18(15,4)20(13)9-8-19(24-20)10-11-23-16(19)22/h13-16,21-22H,5-12H2,1-4H3/t13-,14-,15+,16-,18+,19+,20-/m1/s1. The fraction of sp³-hybridized carbons (Fsp3) is 1.00. The zero-order valence-electron chi connectivity index (χ0n) is 15.7. The lowest BCUT2D eigenvalue weighted by Crippen LogP contribution is -2.67. The van der Waals surface area contributed by atoms with Crippen LogP contribution in [-0.4, -0.2) is 40.4 Å². The molecule has 2 aliphatic carbocycles. The monoisotopic (exact) mass is 338 g/mol. The Balaban J connectivity index is 1.77. The average Bonchev–Trinajstić information content (AvgIpc) is 3.03. The molecule has 0 radical (unpaired) electrons. The molecule has 4 fully saturated rings. The van der Waals surface area contributed by atoms with Crippen LogP contribution < -0.4 is 0 Å². The predicted molar refractivity (Wildman–Crippen MR) is 91.4 cm³/mol. The molecule has 2 saturated heterocycles. The van der Waals surface area contributed by atoms with Gasteiger partial charge in [-0.25, -0.2) is 0 Å². The lowest BCUT2D eigenvalue weighted by Gasteiger charge is -2.65. The van der Waals surface area contributed by atoms with E-state index in [1.165, 1.54) is 12.8 Å². The SMILES string of the molecule is C[C@@H]1C[C@@H](O)[C@H]2C(C)(C)CCC[C@]2(C)[C@@]12CC[C@@]1(CCO[C@H]1O)O2. The average molecular weight is 338 g/mol. The molecule has 138 valence electrons. The zero-order valence-corrected chi connectivity index (χ0v) is 15.7. The van der Waals surface area contributed by atoms with Crippen LogP contribution in [0.1, 0.15) is 72.6 Å². The zero-order chi connectivity index (χ0) is 17.4. The van der Waals surface area contributed by atoms with E-state index in [4.69, 9.17) is 9.47 Å². The molecule has 0 amide bonds. The second-order valence-corrected chi connectivity index (χ2v) is 9.97. The van der Waals surface area contributed by atoms with Gasteiger partial charge in [0.1, 0.15) is 5.60 Å². The summed E-state index contributed by atoms with van der Waals surface area (Å²) in [4.78, 5) is 0. The lowest BCUT2D eigenvalue weighted by molar-refractivity contribution is -0.289. The van der Waals surface area contributed by atoms with Crippen LogP contribution in [0.4, 0.5) is 0 Å². The normalized spacial score (nSPS) is 56.8. The maximum Gasteiger partial charge on any atom is 0.184 e. The topological polar surface area (TPSA) is 58.9 Å². The summed E-state index contributed by atoms with van der Waals surface area (Å²) >= 11 is 0. The van der Waals surface area contributed by atoms with E-state index in [2.05, 4.69) is 27.7 Å². The quantitative estimate of drug-likeness (QED) is 0.712. The first-order valence-corrected chi connectivity index (χ1v) is 9.85. The van der Waals surface area contributed by atoms with E-state index in [1.807, 2.05) is 0 Å². The highest BCUT2D eigenvalue weighted by Gasteiger charge is 2.70. The predicted octanol–water partition coefficient (Wildman–Crippen LogP) is 3.25. The number of ether oxygens (including phenoxy) is 2. The number of rotatable bonds is 0. The van der Waals surface area contributed by atoms with Crippen molar-refractivity contribution in [3.05, 3.63) is 0 Å². The lowest BCUT2D eigenvalue weighted by atomic mass is 9.43. The minimum Gasteiger partial charge on any atom is -0.393 e. The Hall–Kier alpha value is -0.160. The van der Waals surface area contributed by atoms with Gasteiger partial charge in [-0.15, -0.1) is 0 Å². The molecule has 2 saturated carbocycles. The summed E-state index contributed by atoms with van der Waals surface area (Å²) in [7, 11) is 0. The van der Waals surface area contributed by atoms with Crippen molar-refractivity contribution < 1.29 is 19.7 Å². The second-order valence-electron chi connectivity index (χ2n) is 9.97. The van der Waals surface area contributed by atoms with Gasteiger partial charge in [0.2, 0.25) is 0 Å². The molecule has 0 bridgehead atoms. The molecule has 4 heteroatoms. The molecule has 4 rings (SSSR count). The number of fused-ring (bicyclic) bond motifs is 2. The molecule has 0 unspecified atom stereocenters. The van der Waals surface area contributed by atoms with Crippen LogP contribution in [-0.2, 0) is 9.47 Å². The highest BCUT2D eigenvalue weighted by molar-refractivity contribution is 5.18. The van der Waals surface area contributed by atoms with Crippen molar-refractivity contribution in [2.75, 3.05) is 6.61 Å². The molecular weight excluding hydrogens is 304 g/mol. The van der Waals surface area contributed by atoms with Crippen LogP contribution in [0.5, 0.6) is 0 Å². The van der Waals surface area contributed by atoms with Gasteiger partial charge in [0.15, 0.2) is 6.29 Å². The fourth-order valence-electron chi connectivity index (χ4n) is 7.34. The molecule has 24 heavy (non-hydrogen) atoms. The molecule has 0 aromatic carbocycles. The summed E-state index contributed by atoms with van der Waals surface area (Å²) in [6.45, 7) is 9.83. The maximum absolute atomic E-state index is 11.0. The Morgan fingerprint density at radius 3 is 2.38 bits per heavy atom. The van der Waals surface area contributed by atoms with E-state index in [9.17, 15) is 10.2 Å². The van der Waals surface area contributed by atoms with E-state index in [0.717, 1.165) is 32.1 Å².